The number of rotatable bonds is 14. The Morgan fingerprint density at radius 1 is 0.952 bits per heavy atom. The van der Waals surface area contributed by atoms with Crippen LogP contribution in [0.5, 0.6) is 5.75 Å². The van der Waals surface area contributed by atoms with Gasteiger partial charge in [-0.2, -0.15) is 0 Å². The number of hydrogen-bond acceptors (Lipinski definition) is 6. The Labute approximate surface area is 262 Å². The average Bonchev–Trinajstić information content (AvgIpc) is 2.98. The predicted molar refractivity (Wildman–Crippen MR) is 170 cm³/mol. The van der Waals surface area contributed by atoms with E-state index in [0.717, 1.165) is 9.20 Å². The molecule has 12 heteroatoms. The highest BCUT2D eigenvalue weighted by Crippen LogP contribution is 2.34. The van der Waals surface area contributed by atoms with Crippen LogP contribution in [0.2, 0.25) is 10.0 Å². The van der Waals surface area contributed by atoms with Crippen molar-refractivity contribution >= 4 is 62.5 Å². The smallest absolute Gasteiger partial charge is 0.264 e. The molecule has 0 heterocycles. The van der Waals surface area contributed by atoms with Crippen molar-refractivity contribution in [3.05, 3.63) is 82.3 Å². The molecule has 2 amide bonds. The minimum absolute atomic E-state index is 0.0101. The number of benzene rings is 3. The first kappa shape index (κ1) is 33.6. The zero-order chi connectivity index (χ0) is 30.9. The summed E-state index contributed by atoms with van der Waals surface area (Å²) < 4.78 is 35.1. The minimum Gasteiger partial charge on any atom is -0.492 e. The fraction of sp³-hybridized carbons (Fsp3) is 0.333. The van der Waals surface area contributed by atoms with Crippen LogP contribution in [0.3, 0.4) is 0 Å². The summed E-state index contributed by atoms with van der Waals surface area (Å²) in [5.41, 5.74) is 0.650. The largest absolute Gasteiger partial charge is 0.492 e. The van der Waals surface area contributed by atoms with Crippen LogP contribution in [0.15, 0.2) is 76.5 Å². The molecule has 3 rings (SSSR count). The third-order valence-corrected chi connectivity index (χ3v) is 9.71. The van der Waals surface area contributed by atoms with Crippen LogP contribution in [0.25, 0.3) is 0 Å². The van der Waals surface area contributed by atoms with Crippen LogP contribution in [0, 0.1) is 0 Å². The molecule has 0 saturated heterocycles. The van der Waals surface area contributed by atoms with Crippen molar-refractivity contribution in [2.24, 2.45) is 0 Å². The molecule has 0 aliphatic heterocycles. The van der Waals surface area contributed by atoms with Gasteiger partial charge in [0.15, 0.2) is 0 Å². The van der Waals surface area contributed by atoms with Gasteiger partial charge >= 0.3 is 0 Å². The molecular weight excluding hydrogens is 617 g/mol. The summed E-state index contributed by atoms with van der Waals surface area (Å²) >= 11 is 14.4. The lowest BCUT2D eigenvalue weighted by Gasteiger charge is -2.33. The van der Waals surface area contributed by atoms with Crippen LogP contribution in [-0.4, -0.2) is 57.1 Å². The molecule has 3 aromatic rings. The Balaban J connectivity index is 2.15. The van der Waals surface area contributed by atoms with Gasteiger partial charge in [0.2, 0.25) is 11.8 Å². The van der Waals surface area contributed by atoms with Gasteiger partial charge in [0.05, 0.1) is 17.2 Å². The SMILES string of the molecule is CCNC(=O)C(CC)N(Cc1c(Cl)cccc1Cl)C(=O)CN(c1ccccc1OCC)S(=O)(=O)c1ccc(SC)cc1. The Morgan fingerprint density at radius 2 is 1.60 bits per heavy atom. The highest BCUT2D eigenvalue weighted by molar-refractivity contribution is 7.98. The second-order valence-electron chi connectivity index (χ2n) is 9.13. The zero-order valence-electron chi connectivity index (χ0n) is 24.0. The summed E-state index contributed by atoms with van der Waals surface area (Å²) in [5.74, 6) is -0.679. The van der Waals surface area contributed by atoms with Gasteiger partial charge in [-0.05, 0) is 75.1 Å². The monoisotopic (exact) mass is 651 g/mol. The second-order valence-corrected chi connectivity index (χ2v) is 12.7. The number of halogens is 2. The van der Waals surface area contributed by atoms with E-state index in [2.05, 4.69) is 5.32 Å². The summed E-state index contributed by atoms with van der Waals surface area (Å²) in [4.78, 5) is 29.6. The second kappa shape index (κ2) is 15.5. The molecule has 0 aliphatic carbocycles. The topological polar surface area (TPSA) is 96.0 Å². The molecule has 3 aromatic carbocycles. The fourth-order valence-corrected chi connectivity index (χ4v) is 6.74. The number of carbonyl (C=O) groups excluding carboxylic acids is 2. The van der Waals surface area contributed by atoms with Crippen LogP contribution in [0.4, 0.5) is 5.69 Å². The lowest BCUT2D eigenvalue weighted by Crippen LogP contribution is -2.52. The highest BCUT2D eigenvalue weighted by atomic mass is 35.5. The quantitative estimate of drug-likeness (QED) is 0.207. The summed E-state index contributed by atoms with van der Waals surface area (Å²) in [6.07, 6.45) is 2.17. The highest BCUT2D eigenvalue weighted by Gasteiger charge is 2.35. The molecule has 226 valence electrons. The Morgan fingerprint density at radius 3 is 2.17 bits per heavy atom. The Bertz CT molecular complexity index is 1470. The number of sulfonamides is 1. The first-order valence-corrected chi connectivity index (χ1v) is 16.9. The summed E-state index contributed by atoms with van der Waals surface area (Å²) in [6, 6.07) is 17.1. The van der Waals surface area contributed by atoms with Crippen molar-refractivity contribution in [1.29, 1.82) is 0 Å². The van der Waals surface area contributed by atoms with E-state index < -0.39 is 28.5 Å². The molecule has 42 heavy (non-hydrogen) atoms. The Hall–Kier alpha value is -2.92. The maximum absolute atomic E-state index is 14.2. The van der Waals surface area contributed by atoms with Crippen molar-refractivity contribution in [2.45, 2.75) is 49.6 Å². The van der Waals surface area contributed by atoms with Crippen molar-refractivity contribution in [3.8, 4) is 5.75 Å². The summed E-state index contributed by atoms with van der Waals surface area (Å²) in [6.45, 7) is 5.29. The molecular formula is C30H35Cl2N3O5S2. The lowest BCUT2D eigenvalue weighted by atomic mass is 10.1. The van der Waals surface area contributed by atoms with E-state index in [1.54, 1.807) is 75.4 Å². The maximum Gasteiger partial charge on any atom is 0.264 e. The number of amides is 2. The van der Waals surface area contributed by atoms with Crippen molar-refractivity contribution in [1.82, 2.24) is 10.2 Å². The van der Waals surface area contributed by atoms with Gasteiger partial charge in [0.25, 0.3) is 10.0 Å². The third kappa shape index (κ3) is 7.92. The van der Waals surface area contributed by atoms with Gasteiger partial charge in [-0.15, -0.1) is 11.8 Å². The number of para-hydroxylation sites is 2. The molecule has 0 spiro atoms. The van der Waals surface area contributed by atoms with Crippen molar-refractivity contribution in [2.75, 3.05) is 30.3 Å². The van der Waals surface area contributed by atoms with Crippen molar-refractivity contribution < 1.29 is 22.7 Å². The summed E-state index contributed by atoms with van der Waals surface area (Å²) in [7, 11) is -4.26. The summed E-state index contributed by atoms with van der Waals surface area (Å²) in [5, 5.41) is 3.42. The number of thioether (sulfide) groups is 1. The average molecular weight is 653 g/mol. The van der Waals surface area contributed by atoms with Crippen LogP contribution in [-0.2, 0) is 26.2 Å². The van der Waals surface area contributed by atoms with E-state index >= 15 is 0 Å². The molecule has 1 N–H and O–H groups in total. The van der Waals surface area contributed by atoms with E-state index in [1.165, 1.54) is 28.8 Å². The fourth-order valence-electron chi connectivity index (χ4n) is 4.39. The van der Waals surface area contributed by atoms with E-state index in [-0.39, 0.29) is 36.1 Å². The normalized spacial score (nSPS) is 12.0. The molecule has 0 radical (unpaired) electrons. The number of nitrogens with one attached hydrogen (secondary N) is 1. The van der Waals surface area contributed by atoms with E-state index in [0.29, 0.717) is 27.9 Å². The van der Waals surface area contributed by atoms with E-state index in [9.17, 15) is 18.0 Å². The minimum atomic E-state index is -4.26. The number of anilines is 1. The zero-order valence-corrected chi connectivity index (χ0v) is 27.1. The number of nitrogens with zero attached hydrogens (tertiary/aromatic N) is 2. The van der Waals surface area contributed by atoms with E-state index in [4.69, 9.17) is 27.9 Å². The van der Waals surface area contributed by atoms with Crippen molar-refractivity contribution in [3.63, 3.8) is 0 Å². The molecule has 0 fully saturated rings. The van der Waals surface area contributed by atoms with Gasteiger partial charge < -0.3 is 15.0 Å². The molecule has 0 saturated carbocycles. The molecule has 0 aliphatic rings. The number of hydrogen-bond donors (Lipinski definition) is 1. The number of ether oxygens (including phenoxy) is 1. The van der Waals surface area contributed by atoms with Gasteiger partial charge in [-0.25, -0.2) is 8.42 Å². The van der Waals surface area contributed by atoms with Gasteiger partial charge in [0.1, 0.15) is 18.3 Å². The Kier molecular flexibility index (Phi) is 12.4. The maximum atomic E-state index is 14.2. The van der Waals surface area contributed by atoms with Gasteiger partial charge in [-0.1, -0.05) is 48.3 Å². The molecule has 0 bridgehead atoms. The lowest BCUT2D eigenvalue weighted by molar-refractivity contribution is -0.140. The molecule has 8 nitrogen and oxygen atoms in total. The third-order valence-electron chi connectivity index (χ3n) is 6.49. The predicted octanol–water partition coefficient (Wildman–Crippen LogP) is 6.25. The van der Waals surface area contributed by atoms with Crippen LogP contribution < -0.4 is 14.4 Å². The van der Waals surface area contributed by atoms with Crippen LogP contribution in [0.1, 0.15) is 32.8 Å². The molecule has 1 atom stereocenters. The van der Waals surface area contributed by atoms with Gasteiger partial charge in [0, 0.05) is 33.6 Å². The number of likely N-dealkylation sites (N-methyl/N-ethyl adjacent to an activating group) is 1. The van der Waals surface area contributed by atoms with Gasteiger partial charge in [-0.3, -0.25) is 13.9 Å². The number of carbonyl (C=O) groups is 2. The van der Waals surface area contributed by atoms with Crippen LogP contribution >= 0.6 is 35.0 Å². The first-order valence-electron chi connectivity index (χ1n) is 13.5. The molecule has 0 aromatic heterocycles. The standard InChI is InChI=1S/C30H35Cl2N3O5S2/c1-5-26(30(37)33-6-2)34(19-23-24(31)11-10-12-25(23)32)29(36)20-35(27-13-8-9-14-28(27)40-7-3)42(38,39)22-17-15-21(41-4)16-18-22/h8-18,26H,5-7,19-20H2,1-4H3,(H,33,37). The van der Waals surface area contributed by atoms with E-state index in [1.807, 2.05) is 6.26 Å². The first-order chi connectivity index (χ1) is 20.1. The molecule has 1 unspecified atom stereocenters.